The summed E-state index contributed by atoms with van der Waals surface area (Å²) in [7, 11) is -0.362. The molecule has 1 saturated heterocycles. The average Bonchev–Trinajstić information content (AvgIpc) is 3.08. The Balaban J connectivity index is 2.01. The fourth-order valence-corrected chi connectivity index (χ4v) is 4.71. The van der Waals surface area contributed by atoms with Gasteiger partial charge >= 0.3 is 0 Å². The van der Waals surface area contributed by atoms with Crippen molar-refractivity contribution in [1.29, 1.82) is 0 Å². The molecule has 146 valence electrons. The molecule has 0 bridgehead atoms. The topological polar surface area (TPSA) is 49.9 Å². The zero-order valence-corrected chi connectivity index (χ0v) is 17.9. The summed E-state index contributed by atoms with van der Waals surface area (Å²) in [6, 6.07) is 12.9. The van der Waals surface area contributed by atoms with E-state index in [1.165, 1.54) is 13.1 Å². The SMILES string of the molecule is CSc1ccc(Oc2ccc(S(=O)(=O)N(C)Cl)cc2C2CCCN2C)cc1. The molecule has 0 spiro atoms. The van der Waals surface area contributed by atoms with Gasteiger partial charge in [-0.3, -0.25) is 4.90 Å². The van der Waals surface area contributed by atoms with E-state index in [-0.39, 0.29) is 10.9 Å². The summed E-state index contributed by atoms with van der Waals surface area (Å²) in [5.41, 5.74) is 0.864. The van der Waals surface area contributed by atoms with E-state index >= 15 is 0 Å². The molecule has 0 radical (unpaired) electrons. The zero-order chi connectivity index (χ0) is 19.6. The quantitative estimate of drug-likeness (QED) is 0.493. The van der Waals surface area contributed by atoms with Crippen LogP contribution in [0, 0.1) is 0 Å². The summed E-state index contributed by atoms with van der Waals surface area (Å²) < 4.78 is 31.8. The van der Waals surface area contributed by atoms with Crippen LogP contribution in [0.4, 0.5) is 0 Å². The highest BCUT2D eigenvalue weighted by molar-refractivity contribution is 7.98. The molecule has 0 saturated carbocycles. The van der Waals surface area contributed by atoms with E-state index in [9.17, 15) is 8.42 Å². The fourth-order valence-electron chi connectivity index (χ4n) is 3.26. The van der Waals surface area contributed by atoms with Gasteiger partial charge in [-0.1, -0.05) is 0 Å². The normalized spacial score (nSPS) is 18.2. The maximum atomic E-state index is 12.5. The average molecular weight is 427 g/mol. The Bertz CT molecular complexity index is 902. The predicted octanol–water partition coefficient (Wildman–Crippen LogP) is 4.74. The van der Waals surface area contributed by atoms with Crippen molar-refractivity contribution < 1.29 is 13.2 Å². The number of halogens is 1. The van der Waals surface area contributed by atoms with Crippen LogP contribution in [0.2, 0.25) is 0 Å². The lowest BCUT2D eigenvalue weighted by atomic mass is 10.0. The van der Waals surface area contributed by atoms with Gasteiger partial charge in [-0.15, -0.1) is 15.6 Å². The molecule has 3 rings (SSSR count). The van der Waals surface area contributed by atoms with Crippen molar-refractivity contribution in [3.05, 3.63) is 48.0 Å². The lowest BCUT2D eigenvalue weighted by Gasteiger charge is -2.23. The Morgan fingerprint density at radius 2 is 1.93 bits per heavy atom. The van der Waals surface area contributed by atoms with Crippen molar-refractivity contribution in [3.63, 3.8) is 0 Å². The molecule has 1 fully saturated rings. The molecule has 0 aliphatic carbocycles. The molecule has 1 unspecified atom stereocenters. The van der Waals surface area contributed by atoms with Gasteiger partial charge < -0.3 is 4.74 Å². The van der Waals surface area contributed by atoms with Crippen molar-refractivity contribution in [2.75, 3.05) is 26.9 Å². The molecule has 5 nitrogen and oxygen atoms in total. The summed E-state index contributed by atoms with van der Waals surface area (Å²) in [5, 5.41) is 0. The molecule has 2 aromatic carbocycles. The van der Waals surface area contributed by atoms with Crippen LogP contribution in [-0.4, -0.2) is 44.0 Å². The first kappa shape index (κ1) is 20.5. The summed E-state index contributed by atoms with van der Waals surface area (Å²) in [6.07, 6.45) is 4.05. The summed E-state index contributed by atoms with van der Waals surface area (Å²) in [6.45, 7) is 0.971. The molecule has 27 heavy (non-hydrogen) atoms. The highest BCUT2D eigenvalue weighted by Crippen LogP contribution is 2.39. The van der Waals surface area contributed by atoms with Crippen LogP contribution in [-0.2, 0) is 10.0 Å². The van der Waals surface area contributed by atoms with Gasteiger partial charge in [0.2, 0.25) is 0 Å². The Morgan fingerprint density at radius 3 is 2.48 bits per heavy atom. The predicted molar refractivity (Wildman–Crippen MR) is 110 cm³/mol. The number of rotatable bonds is 6. The van der Waals surface area contributed by atoms with E-state index in [4.69, 9.17) is 16.5 Å². The molecular weight excluding hydrogens is 404 g/mol. The van der Waals surface area contributed by atoms with Gasteiger partial charge in [-0.05, 0) is 86.9 Å². The van der Waals surface area contributed by atoms with Crippen LogP contribution in [0.15, 0.2) is 52.3 Å². The van der Waals surface area contributed by atoms with E-state index in [2.05, 4.69) is 4.90 Å². The standard InChI is InChI=1S/C19H23ClN2O3S2/c1-21-12-4-5-18(21)17-13-16(27(23,24)22(2)20)10-11-19(17)25-14-6-8-15(26-3)9-7-14/h6-11,13,18H,4-5,12H2,1-3H3. The monoisotopic (exact) mass is 426 g/mol. The second-order valence-corrected chi connectivity index (χ2v) is 10.1. The van der Waals surface area contributed by atoms with Crippen LogP contribution >= 0.6 is 23.5 Å². The number of nitrogens with zero attached hydrogens (tertiary/aromatic N) is 2. The number of hydrogen-bond acceptors (Lipinski definition) is 5. The summed E-state index contributed by atoms with van der Waals surface area (Å²) in [4.78, 5) is 3.55. The van der Waals surface area contributed by atoms with Gasteiger partial charge in [0, 0.05) is 23.5 Å². The Morgan fingerprint density at radius 1 is 1.22 bits per heavy atom. The first-order valence-corrected chi connectivity index (χ1v) is 11.6. The van der Waals surface area contributed by atoms with Gasteiger partial charge in [0.15, 0.2) is 0 Å². The van der Waals surface area contributed by atoms with Gasteiger partial charge in [0.25, 0.3) is 10.0 Å². The van der Waals surface area contributed by atoms with Crippen molar-refractivity contribution in [3.8, 4) is 11.5 Å². The molecule has 0 amide bonds. The molecule has 1 atom stereocenters. The van der Waals surface area contributed by atoms with Crippen LogP contribution < -0.4 is 4.74 Å². The molecular formula is C19H23ClN2O3S2. The second-order valence-electron chi connectivity index (χ2n) is 6.51. The van der Waals surface area contributed by atoms with Crippen LogP contribution in [0.25, 0.3) is 0 Å². The summed E-state index contributed by atoms with van der Waals surface area (Å²) in [5.74, 6) is 1.39. The van der Waals surface area contributed by atoms with Crippen molar-refractivity contribution >= 4 is 33.6 Å². The third-order valence-electron chi connectivity index (χ3n) is 4.78. The van der Waals surface area contributed by atoms with Crippen LogP contribution in [0.3, 0.4) is 0 Å². The first-order chi connectivity index (χ1) is 12.8. The van der Waals surface area contributed by atoms with E-state index in [1.54, 1.807) is 23.9 Å². The maximum Gasteiger partial charge on any atom is 0.256 e. The van der Waals surface area contributed by atoms with Gasteiger partial charge in [-0.2, -0.15) is 0 Å². The Kier molecular flexibility index (Phi) is 6.38. The van der Waals surface area contributed by atoms with E-state index in [0.717, 1.165) is 35.6 Å². The van der Waals surface area contributed by atoms with E-state index in [1.807, 2.05) is 37.6 Å². The number of ether oxygens (including phenoxy) is 1. The van der Waals surface area contributed by atoms with E-state index < -0.39 is 10.0 Å². The molecule has 1 aliphatic rings. The highest BCUT2D eigenvalue weighted by Gasteiger charge is 2.28. The van der Waals surface area contributed by atoms with E-state index in [0.29, 0.717) is 9.57 Å². The Hall–Kier alpha value is -1.25. The minimum atomic E-state index is -3.72. The van der Waals surface area contributed by atoms with Crippen molar-refractivity contribution in [2.24, 2.45) is 0 Å². The van der Waals surface area contributed by atoms with Gasteiger partial charge in [0.1, 0.15) is 11.5 Å². The van der Waals surface area contributed by atoms with Crippen molar-refractivity contribution in [1.82, 2.24) is 8.72 Å². The lowest BCUT2D eigenvalue weighted by molar-refractivity contribution is 0.309. The summed E-state index contributed by atoms with van der Waals surface area (Å²) >= 11 is 7.41. The number of sulfonamides is 1. The van der Waals surface area contributed by atoms with Gasteiger partial charge in [0.05, 0.1) is 4.90 Å². The lowest BCUT2D eigenvalue weighted by Crippen LogP contribution is -2.20. The number of benzene rings is 2. The minimum absolute atomic E-state index is 0.112. The molecule has 1 aliphatic heterocycles. The number of thioether (sulfide) groups is 1. The largest absolute Gasteiger partial charge is 0.457 e. The Labute approximate surface area is 170 Å². The molecule has 2 aromatic rings. The number of likely N-dealkylation sites (tertiary alicyclic amines) is 1. The third-order valence-corrected chi connectivity index (χ3v) is 7.58. The molecule has 1 heterocycles. The van der Waals surface area contributed by atoms with Crippen LogP contribution in [0.5, 0.6) is 11.5 Å². The van der Waals surface area contributed by atoms with Crippen LogP contribution in [0.1, 0.15) is 24.4 Å². The third kappa shape index (κ3) is 4.43. The first-order valence-electron chi connectivity index (χ1n) is 8.63. The highest BCUT2D eigenvalue weighted by atomic mass is 35.5. The van der Waals surface area contributed by atoms with Gasteiger partial charge in [-0.25, -0.2) is 8.42 Å². The molecule has 0 aromatic heterocycles. The zero-order valence-electron chi connectivity index (χ0n) is 15.6. The maximum absolute atomic E-state index is 12.5. The fraction of sp³-hybridized carbons (Fsp3) is 0.368. The molecule has 8 heteroatoms. The number of hydrogen-bond donors (Lipinski definition) is 0. The smallest absolute Gasteiger partial charge is 0.256 e. The molecule has 0 N–H and O–H groups in total. The second kappa shape index (κ2) is 8.41. The minimum Gasteiger partial charge on any atom is -0.457 e. The van der Waals surface area contributed by atoms with Crippen molar-refractivity contribution in [2.45, 2.75) is 28.7 Å².